The molecule has 3 N–H and O–H groups in total. The van der Waals surface area contributed by atoms with E-state index in [1.165, 1.54) is 0 Å². The smallest absolute Gasteiger partial charge is 0.250 e. The van der Waals surface area contributed by atoms with E-state index < -0.39 is 6.43 Å². The van der Waals surface area contributed by atoms with Crippen molar-refractivity contribution in [1.82, 2.24) is 5.32 Å². The molecule has 0 rings (SSSR count). The molecule has 0 heterocycles. The average molecular weight is 166 g/mol. The molecule has 0 aliphatic heterocycles. The molecule has 0 aliphatic rings. The molecule has 1 unspecified atom stereocenters. The van der Waals surface area contributed by atoms with Crippen LogP contribution in [0.15, 0.2) is 0 Å². The standard InChI is InChI=1S/C7H16F2N2/c1-6(4-10)2-3-11-5-7(8)9/h6-7,11H,2-5,10H2,1H3. The first-order valence-electron chi connectivity index (χ1n) is 3.85. The number of nitrogens with two attached hydrogens (primary N) is 1. The van der Waals surface area contributed by atoms with Gasteiger partial charge in [-0.05, 0) is 25.4 Å². The Hall–Kier alpha value is -0.220. The first-order valence-corrected chi connectivity index (χ1v) is 3.85. The third-order valence-electron chi connectivity index (χ3n) is 1.51. The highest BCUT2D eigenvalue weighted by molar-refractivity contribution is 4.56. The summed E-state index contributed by atoms with van der Waals surface area (Å²) in [5, 5.41) is 2.64. The van der Waals surface area contributed by atoms with Crippen molar-refractivity contribution in [3.8, 4) is 0 Å². The molecule has 11 heavy (non-hydrogen) atoms. The minimum atomic E-state index is -2.25. The number of hydrogen-bond donors (Lipinski definition) is 2. The summed E-state index contributed by atoms with van der Waals surface area (Å²) in [7, 11) is 0. The van der Waals surface area contributed by atoms with E-state index in [0.717, 1.165) is 6.42 Å². The van der Waals surface area contributed by atoms with Crippen LogP contribution in [0.3, 0.4) is 0 Å². The maximum absolute atomic E-state index is 11.6. The van der Waals surface area contributed by atoms with Crippen molar-refractivity contribution >= 4 is 0 Å². The van der Waals surface area contributed by atoms with E-state index in [1.807, 2.05) is 6.92 Å². The van der Waals surface area contributed by atoms with Gasteiger partial charge in [-0.1, -0.05) is 6.92 Å². The van der Waals surface area contributed by atoms with E-state index in [0.29, 0.717) is 19.0 Å². The van der Waals surface area contributed by atoms with Crippen LogP contribution in [0.4, 0.5) is 8.78 Å². The highest BCUT2D eigenvalue weighted by Gasteiger charge is 2.01. The Labute approximate surface area is 66.1 Å². The van der Waals surface area contributed by atoms with Crippen LogP contribution >= 0.6 is 0 Å². The Morgan fingerprint density at radius 3 is 2.55 bits per heavy atom. The Bertz CT molecular complexity index is 88.5. The second kappa shape index (κ2) is 6.49. The van der Waals surface area contributed by atoms with Crippen molar-refractivity contribution in [2.24, 2.45) is 11.7 Å². The zero-order valence-corrected chi connectivity index (χ0v) is 6.82. The van der Waals surface area contributed by atoms with Gasteiger partial charge in [0.15, 0.2) is 0 Å². The minimum Gasteiger partial charge on any atom is -0.330 e. The summed E-state index contributed by atoms with van der Waals surface area (Å²) in [6.07, 6.45) is -1.38. The van der Waals surface area contributed by atoms with Gasteiger partial charge in [-0.3, -0.25) is 0 Å². The molecule has 0 saturated carbocycles. The lowest BCUT2D eigenvalue weighted by atomic mass is 10.1. The second-order valence-corrected chi connectivity index (χ2v) is 2.72. The molecule has 0 fully saturated rings. The summed E-state index contributed by atoms with van der Waals surface area (Å²) in [6.45, 7) is 3.04. The van der Waals surface area contributed by atoms with E-state index in [-0.39, 0.29) is 6.54 Å². The van der Waals surface area contributed by atoms with Crippen LogP contribution in [-0.2, 0) is 0 Å². The fraction of sp³-hybridized carbons (Fsp3) is 1.00. The summed E-state index contributed by atoms with van der Waals surface area (Å²) in [6, 6.07) is 0. The molecule has 68 valence electrons. The van der Waals surface area contributed by atoms with Gasteiger partial charge in [0.1, 0.15) is 0 Å². The molecular weight excluding hydrogens is 150 g/mol. The molecule has 4 heteroatoms. The lowest BCUT2D eigenvalue weighted by molar-refractivity contribution is 0.145. The van der Waals surface area contributed by atoms with E-state index >= 15 is 0 Å². The van der Waals surface area contributed by atoms with Gasteiger partial charge in [-0.15, -0.1) is 0 Å². The van der Waals surface area contributed by atoms with E-state index in [1.54, 1.807) is 0 Å². The van der Waals surface area contributed by atoms with Crippen LogP contribution in [0.1, 0.15) is 13.3 Å². The molecule has 0 aromatic rings. The molecular formula is C7H16F2N2. The van der Waals surface area contributed by atoms with Crippen molar-refractivity contribution in [2.75, 3.05) is 19.6 Å². The van der Waals surface area contributed by atoms with Crippen LogP contribution in [-0.4, -0.2) is 26.1 Å². The minimum absolute atomic E-state index is 0.211. The van der Waals surface area contributed by atoms with Crippen molar-refractivity contribution < 1.29 is 8.78 Å². The van der Waals surface area contributed by atoms with Gasteiger partial charge in [0.2, 0.25) is 0 Å². The largest absolute Gasteiger partial charge is 0.330 e. The summed E-state index contributed by atoms with van der Waals surface area (Å²) in [5.41, 5.74) is 5.34. The SMILES string of the molecule is CC(CN)CCNCC(F)F. The van der Waals surface area contributed by atoms with Gasteiger partial charge in [0.25, 0.3) is 6.43 Å². The quantitative estimate of drug-likeness (QED) is 0.573. The Kier molecular flexibility index (Phi) is 6.36. The molecule has 2 nitrogen and oxygen atoms in total. The van der Waals surface area contributed by atoms with Gasteiger partial charge >= 0.3 is 0 Å². The van der Waals surface area contributed by atoms with Crippen molar-refractivity contribution in [2.45, 2.75) is 19.8 Å². The Morgan fingerprint density at radius 1 is 1.45 bits per heavy atom. The molecule has 0 bridgehead atoms. The molecule has 0 aromatic carbocycles. The third kappa shape index (κ3) is 7.68. The third-order valence-corrected chi connectivity index (χ3v) is 1.51. The number of rotatable bonds is 6. The zero-order chi connectivity index (χ0) is 8.69. The fourth-order valence-corrected chi connectivity index (χ4v) is 0.677. The van der Waals surface area contributed by atoms with E-state index in [4.69, 9.17) is 5.73 Å². The van der Waals surface area contributed by atoms with Gasteiger partial charge in [-0.25, -0.2) is 8.78 Å². The lowest BCUT2D eigenvalue weighted by Gasteiger charge is -2.08. The van der Waals surface area contributed by atoms with Crippen LogP contribution in [0, 0.1) is 5.92 Å². The van der Waals surface area contributed by atoms with Crippen LogP contribution < -0.4 is 11.1 Å². The maximum atomic E-state index is 11.6. The average Bonchev–Trinajstić information content (AvgIpc) is 1.97. The first-order chi connectivity index (χ1) is 5.16. The Morgan fingerprint density at radius 2 is 2.09 bits per heavy atom. The topological polar surface area (TPSA) is 38.0 Å². The van der Waals surface area contributed by atoms with Crippen molar-refractivity contribution in [3.05, 3.63) is 0 Å². The number of hydrogen-bond acceptors (Lipinski definition) is 2. The van der Waals surface area contributed by atoms with E-state index in [9.17, 15) is 8.78 Å². The van der Waals surface area contributed by atoms with Crippen molar-refractivity contribution in [3.63, 3.8) is 0 Å². The van der Waals surface area contributed by atoms with Gasteiger partial charge < -0.3 is 11.1 Å². The number of alkyl halides is 2. The molecule has 0 aromatic heterocycles. The van der Waals surface area contributed by atoms with Crippen LogP contribution in [0.5, 0.6) is 0 Å². The highest BCUT2D eigenvalue weighted by Crippen LogP contribution is 1.96. The summed E-state index contributed by atoms with van der Waals surface area (Å²) in [5.74, 6) is 0.417. The monoisotopic (exact) mass is 166 g/mol. The van der Waals surface area contributed by atoms with Gasteiger partial charge in [0, 0.05) is 0 Å². The first kappa shape index (κ1) is 10.8. The normalized spacial score (nSPS) is 13.9. The molecule has 1 atom stereocenters. The molecule has 0 radical (unpaired) electrons. The van der Waals surface area contributed by atoms with Crippen LogP contribution in [0.25, 0.3) is 0 Å². The second-order valence-electron chi connectivity index (χ2n) is 2.72. The summed E-state index contributed by atoms with van der Waals surface area (Å²) < 4.78 is 23.1. The van der Waals surface area contributed by atoms with Gasteiger partial charge in [0.05, 0.1) is 6.54 Å². The molecule has 0 saturated heterocycles. The zero-order valence-electron chi connectivity index (χ0n) is 6.82. The van der Waals surface area contributed by atoms with Crippen LogP contribution in [0.2, 0.25) is 0 Å². The number of nitrogens with one attached hydrogen (secondary N) is 1. The molecule has 0 aliphatic carbocycles. The van der Waals surface area contributed by atoms with E-state index in [2.05, 4.69) is 5.32 Å². The predicted molar refractivity (Wildman–Crippen MR) is 41.7 cm³/mol. The number of halogens is 2. The predicted octanol–water partition coefficient (Wildman–Crippen LogP) is 0.826. The Balaban J connectivity index is 3.01. The summed E-state index contributed by atoms with van der Waals surface area (Å²) in [4.78, 5) is 0. The highest BCUT2D eigenvalue weighted by atomic mass is 19.3. The summed E-state index contributed by atoms with van der Waals surface area (Å²) >= 11 is 0. The van der Waals surface area contributed by atoms with Gasteiger partial charge in [-0.2, -0.15) is 0 Å². The molecule has 0 amide bonds. The van der Waals surface area contributed by atoms with Crippen molar-refractivity contribution in [1.29, 1.82) is 0 Å². The molecule has 0 spiro atoms. The fourth-order valence-electron chi connectivity index (χ4n) is 0.677. The maximum Gasteiger partial charge on any atom is 0.250 e. The lowest BCUT2D eigenvalue weighted by Crippen LogP contribution is -2.25.